The molecule has 0 aromatic rings. The number of carbonyl (C=O) groups excluding carboxylic acids is 3. The number of nitrogens with one attached hydrogen (secondary N) is 3. The van der Waals surface area contributed by atoms with Crippen LogP contribution in [0.3, 0.4) is 0 Å². The number of aliphatic hydroxyl groups is 1. The van der Waals surface area contributed by atoms with Crippen LogP contribution in [-0.2, 0) is 19.2 Å². The summed E-state index contributed by atoms with van der Waals surface area (Å²) in [4.78, 5) is 46.4. The molecule has 0 saturated carbocycles. The normalized spacial score (nSPS) is 14.0. The van der Waals surface area contributed by atoms with Crippen LogP contribution in [0, 0.1) is 0 Å². The number of rotatable bonds is 13. The second-order valence-corrected chi connectivity index (χ2v) is 5.86. The van der Waals surface area contributed by atoms with Gasteiger partial charge in [-0.3, -0.25) is 14.4 Å². The SMILES string of the molecule is NCCCCC(NC(=O)C(CO)NC(=O)CNC(=O)C(N)CS)C(=O)O. The molecule has 3 atom stereocenters. The van der Waals surface area contributed by atoms with Gasteiger partial charge in [-0.25, -0.2) is 4.79 Å². The Hall–Kier alpha value is -1.89. The number of carboxylic acid groups (broad SMARTS) is 1. The van der Waals surface area contributed by atoms with Crippen LogP contribution in [0.25, 0.3) is 0 Å². The van der Waals surface area contributed by atoms with Crippen LogP contribution in [-0.4, -0.2) is 77.5 Å². The third kappa shape index (κ3) is 9.56. The van der Waals surface area contributed by atoms with Gasteiger partial charge in [0.05, 0.1) is 19.2 Å². The molecule has 0 fully saturated rings. The predicted molar refractivity (Wildman–Crippen MR) is 96.3 cm³/mol. The van der Waals surface area contributed by atoms with E-state index in [1.807, 2.05) is 0 Å². The first kappa shape index (κ1) is 24.1. The van der Waals surface area contributed by atoms with Crippen molar-refractivity contribution in [1.82, 2.24) is 16.0 Å². The highest BCUT2D eigenvalue weighted by molar-refractivity contribution is 7.80. The topological polar surface area (TPSA) is 197 Å². The number of amides is 3. The van der Waals surface area contributed by atoms with Crippen molar-refractivity contribution in [3.05, 3.63) is 0 Å². The van der Waals surface area contributed by atoms with Crippen LogP contribution in [0.4, 0.5) is 0 Å². The van der Waals surface area contributed by atoms with Crippen molar-refractivity contribution in [2.75, 3.05) is 25.4 Å². The van der Waals surface area contributed by atoms with Crippen molar-refractivity contribution >= 4 is 36.3 Å². The number of aliphatic hydroxyl groups excluding tert-OH is 1. The molecule has 0 heterocycles. The summed E-state index contributed by atoms with van der Waals surface area (Å²) < 4.78 is 0. The van der Waals surface area contributed by atoms with Gasteiger partial charge in [0.25, 0.3) is 0 Å². The van der Waals surface area contributed by atoms with Gasteiger partial charge in [0, 0.05) is 5.75 Å². The fraction of sp³-hybridized carbons (Fsp3) is 0.714. The summed E-state index contributed by atoms with van der Waals surface area (Å²) in [6, 6.07) is -3.39. The van der Waals surface area contributed by atoms with E-state index in [2.05, 4.69) is 28.6 Å². The van der Waals surface area contributed by atoms with Crippen LogP contribution in [0.5, 0.6) is 0 Å². The van der Waals surface area contributed by atoms with Gasteiger partial charge in [0.1, 0.15) is 12.1 Å². The van der Waals surface area contributed by atoms with Gasteiger partial charge in [0.2, 0.25) is 17.7 Å². The molecule has 11 nitrogen and oxygen atoms in total. The first-order valence-corrected chi connectivity index (χ1v) is 8.67. The van der Waals surface area contributed by atoms with E-state index in [0.717, 1.165) is 0 Å². The molecule has 0 radical (unpaired) electrons. The Labute approximate surface area is 156 Å². The van der Waals surface area contributed by atoms with E-state index < -0.39 is 55.0 Å². The smallest absolute Gasteiger partial charge is 0.326 e. The molecule has 0 aromatic carbocycles. The Morgan fingerprint density at radius 3 is 2.19 bits per heavy atom. The van der Waals surface area contributed by atoms with Gasteiger partial charge in [0.15, 0.2) is 0 Å². The average Bonchev–Trinajstić information content (AvgIpc) is 2.62. The number of carbonyl (C=O) groups is 4. The number of aliphatic carboxylic acids is 1. The zero-order valence-corrected chi connectivity index (χ0v) is 15.2. The number of carboxylic acids is 1. The van der Waals surface area contributed by atoms with Crippen molar-refractivity contribution < 1.29 is 29.4 Å². The summed E-state index contributed by atoms with van der Waals surface area (Å²) in [5.41, 5.74) is 10.8. The van der Waals surface area contributed by atoms with E-state index in [9.17, 15) is 24.3 Å². The maximum absolute atomic E-state index is 12.1. The standard InChI is InChI=1S/C14H27N5O6S/c15-4-2-1-3-9(14(24)25)19-13(23)10(6-20)18-11(21)5-17-12(22)8(16)7-26/h8-10,20,26H,1-7,15-16H2,(H,17,22)(H,18,21)(H,19,23)(H,24,25). The molecule has 9 N–H and O–H groups in total. The monoisotopic (exact) mass is 393 g/mol. The average molecular weight is 393 g/mol. The molecule has 150 valence electrons. The molecule has 12 heteroatoms. The minimum Gasteiger partial charge on any atom is -0.480 e. The Morgan fingerprint density at radius 1 is 1.04 bits per heavy atom. The van der Waals surface area contributed by atoms with E-state index in [-0.39, 0.29) is 12.2 Å². The number of nitrogens with two attached hydrogens (primary N) is 2. The third-order valence-electron chi connectivity index (χ3n) is 3.35. The van der Waals surface area contributed by atoms with Gasteiger partial charge < -0.3 is 37.6 Å². The van der Waals surface area contributed by atoms with Crippen molar-refractivity contribution in [3.8, 4) is 0 Å². The lowest BCUT2D eigenvalue weighted by Gasteiger charge is -2.20. The highest BCUT2D eigenvalue weighted by atomic mass is 32.1. The van der Waals surface area contributed by atoms with Gasteiger partial charge in [-0.1, -0.05) is 0 Å². The quantitative estimate of drug-likeness (QED) is 0.117. The van der Waals surface area contributed by atoms with E-state index in [0.29, 0.717) is 19.4 Å². The van der Waals surface area contributed by atoms with Crippen molar-refractivity contribution in [2.45, 2.75) is 37.4 Å². The Kier molecular flexibility index (Phi) is 12.4. The van der Waals surface area contributed by atoms with E-state index in [1.54, 1.807) is 0 Å². The highest BCUT2D eigenvalue weighted by Gasteiger charge is 2.26. The fourth-order valence-electron chi connectivity index (χ4n) is 1.84. The molecule has 0 aliphatic rings. The molecule has 26 heavy (non-hydrogen) atoms. The van der Waals surface area contributed by atoms with Gasteiger partial charge in [-0.2, -0.15) is 12.6 Å². The first-order chi connectivity index (χ1) is 12.3. The van der Waals surface area contributed by atoms with Crippen LogP contribution in [0.15, 0.2) is 0 Å². The summed E-state index contributed by atoms with van der Waals surface area (Å²) in [5, 5.41) is 25.1. The molecular weight excluding hydrogens is 366 g/mol. The summed E-state index contributed by atoms with van der Waals surface area (Å²) >= 11 is 3.85. The summed E-state index contributed by atoms with van der Waals surface area (Å²) in [5.74, 6) is -3.32. The van der Waals surface area contributed by atoms with Crippen LogP contribution in [0.2, 0.25) is 0 Å². The van der Waals surface area contributed by atoms with E-state index in [1.165, 1.54) is 0 Å². The molecular formula is C14H27N5O6S. The Morgan fingerprint density at radius 2 is 1.69 bits per heavy atom. The lowest BCUT2D eigenvalue weighted by Crippen LogP contribution is -2.55. The molecule has 3 unspecified atom stereocenters. The minimum absolute atomic E-state index is 0.0931. The minimum atomic E-state index is -1.35. The number of thiol groups is 1. The Bertz CT molecular complexity index is 492. The summed E-state index contributed by atoms with van der Waals surface area (Å²) in [7, 11) is 0. The van der Waals surface area contributed by atoms with E-state index >= 15 is 0 Å². The molecule has 0 aromatic heterocycles. The van der Waals surface area contributed by atoms with E-state index in [4.69, 9.17) is 16.6 Å². The molecule has 0 saturated heterocycles. The van der Waals surface area contributed by atoms with Crippen LogP contribution < -0.4 is 27.4 Å². The van der Waals surface area contributed by atoms with Crippen molar-refractivity contribution in [1.29, 1.82) is 0 Å². The number of unbranched alkanes of at least 4 members (excludes halogenated alkanes) is 1. The molecule has 0 aliphatic heterocycles. The zero-order valence-electron chi connectivity index (χ0n) is 14.3. The van der Waals surface area contributed by atoms with Gasteiger partial charge >= 0.3 is 5.97 Å². The maximum atomic E-state index is 12.1. The lowest BCUT2D eigenvalue weighted by molar-refractivity contribution is -0.142. The summed E-state index contributed by atoms with van der Waals surface area (Å²) in [6.45, 7) is -0.794. The van der Waals surface area contributed by atoms with Gasteiger partial charge in [-0.05, 0) is 25.8 Å². The van der Waals surface area contributed by atoms with Gasteiger partial charge in [-0.15, -0.1) is 0 Å². The molecule has 3 amide bonds. The molecule has 0 spiro atoms. The molecule has 0 rings (SSSR count). The zero-order chi connectivity index (χ0) is 20.1. The van der Waals surface area contributed by atoms with Crippen LogP contribution in [0.1, 0.15) is 19.3 Å². The predicted octanol–water partition coefficient (Wildman–Crippen LogP) is -3.46. The Balaban J connectivity index is 4.55. The van der Waals surface area contributed by atoms with Crippen molar-refractivity contribution in [2.24, 2.45) is 11.5 Å². The second kappa shape index (κ2) is 13.3. The maximum Gasteiger partial charge on any atom is 0.326 e. The second-order valence-electron chi connectivity index (χ2n) is 5.49. The largest absolute Gasteiger partial charge is 0.480 e. The summed E-state index contributed by atoms with van der Waals surface area (Å²) in [6.07, 6.45) is 1.28. The lowest BCUT2D eigenvalue weighted by atomic mass is 10.1. The van der Waals surface area contributed by atoms with Crippen molar-refractivity contribution in [3.63, 3.8) is 0 Å². The van der Waals surface area contributed by atoms with Crippen LogP contribution >= 0.6 is 12.6 Å². The first-order valence-electron chi connectivity index (χ1n) is 8.04. The highest BCUT2D eigenvalue weighted by Crippen LogP contribution is 2.01. The molecule has 0 aliphatic carbocycles. The number of hydrogen-bond donors (Lipinski definition) is 8. The fourth-order valence-corrected chi connectivity index (χ4v) is 2.01. The third-order valence-corrected chi connectivity index (χ3v) is 3.75. The molecule has 0 bridgehead atoms. The number of hydrogen-bond acceptors (Lipinski definition) is 8.